The molecule has 1 heteroatoms. The Labute approximate surface area is 157 Å². The van der Waals surface area contributed by atoms with E-state index in [1.165, 1.54) is 77.0 Å². The van der Waals surface area contributed by atoms with E-state index >= 15 is 0 Å². The summed E-state index contributed by atoms with van der Waals surface area (Å²) in [6, 6.07) is 7.91. The molecule has 0 spiro atoms. The molecule has 2 unspecified atom stereocenters. The third-order valence-corrected chi connectivity index (χ3v) is 5.68. The van der Waals surface area contributed by atoms with Gasteiger partial charge in [0.15, 0.2) is 0 Å². The highest BCUT2D eigenvalue weighted by Crippen LogP contribution is 2.30. The molecule has 1 N–H and O–H groups in total. The van der Waals surface area contributed by atoms with E-state index in [1.807, 2.05) is 12.1 Å². The quantitative estimate of drug-likeness (QED) is 0.320. The largest absolute Gasteiger partial charge is 0.508 e. The second-order valence-electron chi connectivity index (χ2n) is 7.91. The summed E-state index contributed by atoms with van der Waals surface area (Å²) in [7, 11) is 0. The summed E-state index contributed by atoms with van der Waals surface area (Å²) < 4.78 is 0. The fourth-order valence-electron chi connectivity index (χ4n) is 3.96. The van der Waals surface area contributed by atoms with Gasteiger partial charge in [-0.05, 0) is 36.3 Å². The Bertz CT molecular complexity index is 426. The van der Waals surface area contributed by atoms with Gasteiger partial charge in [-0.2, -0.15) is 0 Å². The summed E-state index contributed by atoms with van der Waals surface area (Å²) in [4.78, 5) is 0. The average molecular weight is 347 g/mol. The molecular formula is C24H42O. The third kappa shape index (κ3) is 9.92. The van der Waals surface area contributed by atoms with E-state index in [4.69, 9.17) is 0 Å². The second kappa shape index (κ2) is 14.2. The van der Waals surface area contributed by atoms with Gasteiger partial charge in [0, 0.05) is 0 Å². The maximum Gasteiger partial charge on any atom is 0.118 e. The molecule has 1 aromatic carbocycles. The van der Waals surface area contributed by atoms with Crippen molar-refractivity contribution in [1.29, 1.82) is 0 Å². The molecule has 0 fully saturated rings. The molecule has 1 aromatic rings. The number of phenols is 1. The summed E-state index contributed by atoms with van der Waals surface area (Å²) in [6.45, 7) is 6.93. The first-order valence-corrected chi connectivity index (χ1v) is 11.0. The van der Waals surface area contributed by atoms with Crippen LogP contribution in [0.3, 0.4) is 0 Å². The molecule has 0 bridgehead atoms. The van der Waals surface area contributed by atoms with Gasteiger partial charge in [0.2, 0.25) is 0 Å². The predicted molar refractivity (Wildman–Crippen MR) is 111 cm³/mol. The molecule has 25 heavy (non-hydrogen) atoms. The van der Waals surface area contributed by atoms with Gasteiger partial charge in [0.05, 0.1) is 0 Å². The summed E-state index contributed by atoms with van der Waals surface area (Å²) >= 11 is 0. The van der Waals surface area contributed by atoms with E-state index in [-0.39, 0.29) is 0 Å². The molecule has 0 radical (unpaired) electrons. The molecule has 0 heterocycles. The molecule has 0 aliphatic carbocycles. The van der Waals surface area contributed by atoms with Crippen LogP contribution in [0.1, 0.15) is 103 Å². The molecule has 0 amide bonds. The number of benzene rings is 1. The molecule has 0 saturated carbocycles. The van der Waals surface area contributed by atoms with Crippen molar-refractivity contribution < 1.29 is 5.11 Å². The fourth-order valence-corrected chi connectivity index (χ4v) is 3.96. The minimum Gasteiger partial charge on any atom is -0.508 e. The molecule has 0 aliphatic rings. The van der Waals surface area contributed by atoms with Gasteiger partial charge < -0.3 is 5.11 Å². The van der Waals surface area contributed by atoms with Crippen molar-refractivity contribution in [2.45, 2.75) is 104 Å². The van der Waals surface area contributed by atoms with Gasteiger partial charge in [0.25, 0.3) is 0 Å². The molecule has 0 aromatic heterocycles. The highest BCUT2D eigenvalue weighted by Gasteiger charge is 2.17. The number of unbranched alkanes of at least 4 members (excludes halogenated alkanes) is 6. The maximum atomic E-state index is 10.1. The Balaban J connectivity index is 2.46. The summed E-state index contributed by atoms with van der Waals surface area (Å²) in [6.07, 6.45) is 17.3. The Morgan fingerprint density at radius 2 is 1.40 bits per heavy atom. The number of para-hydroxylation sites is 1. The zero-order valence-electron chi connectivity index (χ0n) is 17.1. The molecule has 2 atom stereocenters. The van der Waals surface area contributed by atoms with Crippen LogP contribution in [0, 0.1) is 11.8 Å². The van der Waals surface area contributed by atoms with Crippen LogP contribution in [0.5, 0.6) is 5.75 Å². The standard InChI is InChI=1S/C24H42O/c1-4-7-9-10-11-12-16-21(6-3)19-22(15-8-5-2)20-23-17-13-14-18-24(23)25/h13-14,17-18,21-22,25H,4-12,15-16,19-20H2,1-3H3. The lowest BCUT2D eigenvalue weighted by molar-refractivity contribution is 0.311. The van der Waals surface area contributed by atoms with Crippen LogP contribution in [-0.2, 0) is 6.42 Å². The van der Waals surface area contributed by atoms with E-state index < -0.39 is 0 Å². The monoisotopic (exact) mass is 346 g/mol. The molecule has 144 valence electrons. The molecular weight excluding hydrogens is 304 g/mol. The molecule has 1 rings (SSSR count). The van der Waals surface area contributed by atoms with Crippen LogP contribution in [0.2, 0.25) is 0 Å². The van der Waals surface area contributed by atoms with Crippen LogP contribution >= 0.6 is 0 Å². The SMILES string of the molecule is CCCCCCCCC(CC)CC(CCCC)Cc1ccccc1O. The molecule has 0 saturated heterocycles. The second-order valence-corrected chi connectivity index (χ2v) is 7.91. The zero-order valence-corrected chi connectivity index (χ0v) is 17.1. The Morgan fingerprint density at radius 1 is 0.760 bits per heavy atom. The fraction of sp³-hybridized carbons (Fsp3) is 0.750. The van der Waals surface area contributed by atoms with Gasteiger partial charge >= 0.3 is 0 Å². The van der Waals surface area contributed by atoms with E-state index in [0.29, 0.717) is 5.75 Å². The van der Waals surface area contributed by atoms with E-state index in [9.17, 15) is 5.11 Å². The van der Waals surface area contributed by atoms with Gasteiger partial charge in [-0.25, -0.2) is 0 Å². The third-order valence-electron chi connectivity index (χ3n) is 5.68. The van der Waals surface area contributed by atoms with Gasteiger partial charge in [-0.15, -0.1) is 0 Å². The highest BCUT2D eigenvalue weighted by atomic mass is 16.3. The van der Waals surface area contributed by atoms with Crippen LogP contribution in [0.25, 0.3) is 0 Å². The Hall–Kier alpha value is -0.980. The predicted octanol–water partition coefficient (Wildman–Crippen LogP) is 7.91. The van der Waals surface area contributed by atoms with Gasteiger partial charge in [-0.1, -0.05) is 110 Å². The van der Waals surface area contributed by atoms with Crippen molar-refractivity contribution in [3.63, 3.8) is 0 Å². The summed E-state index contributed by atoms with van der Waals surface area (Å²) in [5.74, 6) is 2.06. The van der Waals surface area contributed by atoms with Crippen LogP contribution < -0.4 is 0 Å². The number of rotatable bonds is 15. The van der Waals surface area contributed by atoms with Crippen molar-refractivity contribution in [1.82, 2.24) is 0 Å². The molecule has 0 aliphatic heterocycles. The lowest BCUT2D eigenvalue weighted by atomic mass is 9.82. The van der Waals surface area contributed by atoms with Crippen LogP contribution in [-0.4, -0.2) is 5.11 Å². The first-order valence-electron chi connectivity index (χ1n) is 11.0. The van der Waals surface area contributed by atoms with E-state index in [1.54, 1.807) is 0 Å². The first kappa shape index (κ1) is 22.1. The smallest absolute Gasteiger partial charge is 0.118 e. The van der Waals surface area contributed by atoms with Gasteiger partial charge in [0.1, 0.15) is 5.75 Å². The number of aromatic hydroxyl groups is 1. The topological polar surface area (TPSA) is 20.2 Å². The van der Waals surface area contributed by atoms with Gasteiger partial charge in [-0.3, -0.25) is 0 Å². The Morgan fingerprint density at radius 3 is 2.08 bits per heavy atom. The summed E-state index contributed by atoms with van der Waals surface area (Å²) in [5.41, 5.74) is 1.14. The van der Waals surface area contributed by atoms with Crippen molar-refractivity contribution in [3.05, 3.63) is 29.8 Å². The number of hydrogen-bond acceptors (Lipinski definition) is 1. The van der Waals surface area contributed by atoms with Crippen LogP contribution in [0.15, 0.2) is 24.3 Å². The Kier molecular flexibility index (Phi) is 12.5. The minimum atomic E-state index is 0.480. The molecule has 1 nitrogen and oxygen atoms in total. The lowest BCUT2D eigenvalue weighted by Crippen LogP contribution is -2.12. The van der Waals surface area contributed by atoms with Crippen molar-refractivity contribution >= 4 is 0 Å². The van der Waals surface area contributed by atoms with E-state index in [0.717, 1.165) is 23.8 Å². The lowest BCUT2D eigenvalue weighted by Gasteiger charge is -2.23. The normalized spacial score (nSPS) is 13.7. The number of phenolic OH excluding ortho intramolecular Hbond substituents is 1. The van der Waals surface area contributed by atoms with Crippen molar-refractivity contribution in [2.75, 3.05) is 0 Å². The summed E-state index contributed by atoms with van der Waals surface area (Å²) in [5, 5.41) is 10.1. The van der Waals surface area contributed by atoms with E-state index in [2.05, 4.69) is 32.9 Å². The highest BCUT2D eigenvalue weighted by molar-refractivity contribution is 5.32. The minimum absolute atomic E-state index is 0.480. The number of hydrogen-bond donors (Lipinski definition) is 1. The maximum absolute atomic E-state index is 10.1. The average Bonchev–Trinajstić information content (AvgIpc) is 2.63. The van der Waals surface area contributed by atoms with Crippen molar-refractivity contribution in [2.24, 2.45) is 11.8 Å². The first-order chi connectivity index (χ1) is 12.2. The van der Waals surface area contributed by atoms with Crippen molar-refractivity contribution in [3.8, 4) is 5.75 Å². The van der Waals surface area contributed by atoms with Crippen LogP contribution in [0.4, 0.5) is 0 Å². The zero-order chi connectivity index (χ0) is 18.3.